The van der Waals surface area contributed by atoms with Crippen LogP contribution in [-0.4, -0.2) is 62.6 Å². The normalized spacial score (nSPS) is 16.9. The maximum absolute atomic E-state index is 14.2. The summed E-state index contributed by atoms with van der Waals surface area (Å²) in [7, 11) is -3.10. The lowest BCUT2D eigenvalue weighted by molar-refractivity contribution is -0.135. The third-order valence-electron chi connectivity index (χ3n) is 6.96. The lowest BCUT2D eigenvalue weighted by Gasteiger charge is -2.33. The smallest absolute Gasteiger partial charge is 0.287 e. The van der Waals surface area contributed by atoms with Crippen molar-refractivity contribution in [3.8, 4) is 5.75 Å². The number of methoxy groups -OCH3 is 1. The molecule has 2 atom stereocenters. The van der Waals surface area contributed by atoms with Gasteiger partial charge in [0.25, 0.3) is 21.8 Å². The van der Waals surface area contributed by atoms with E-state index in [2.05, 4.69) is 10.6 Å². The van der Waals surface area contributed by atoms with E-state index in [1.165, 1.54) is 25.3 Å². The number of carbonyl (C=O) groups is 3. The molecular formula is C29H35N3O7S. The van der Waals surface area contributed by atoms with E-state index in [4.69, 9.17) is 9.15 Å². The lowest BCUT2D eigenvalue weighted by Crippen LogP contribution is -2.56. The molecule has 40 heavy (non-hydrogen) atoms. The van der Waals surface area contributed by atoms with E-state index >= 15 is 0 Å². The first-order valence-corrected chi connectivity index (χ1v) is 14.7. The largest absolute Gasteiger partial charge is 0.497 e. The molecule has 3 aromatic rings. The van der Waals surface area contributed by atoms with Gasteiger partial charge >= 0.3 is 0 Å². The van der Waals surface area contributed by atoms with Crippen molar-refractivity contribution in [2.75, 3.05) is 20.2 Å². The minimum absolute atomic E-state index is 0.0414. The number of ketones is 1. The molecule has 2 N–H and O–H groups in total. The number of Topliss-reactive ketones (excluding diaryl/α,β-unsaturated/α-hetero) is 1. The number of furan rings is 1. The van der Waals surface area contributed by atoms with Crippen molar-refractivity contribution in [3.63, 3.8) is 0 Å². The van der Waals surface area contributed by atoms with Gasteiger partial charge in [0.15, 0.2) is 11.5 Å². The van der Waals surface area contributed by atoms with Crippen molar-refractivity contribution in [2.24, 2.45) is 5.92 Å². The molecule has 0 saturated carbocycles. The second-order valence-corrected chi connectivity index (χ2v) is 12.1. The average molecular weight is 570 g/mol. The topological polar surface area (TPSA) is 135 Å². The number of fused-ring (bicyclic) bond motifs is 1. The minimum atomic E-state index is -4.51. The van der Waals surface area contributed by atoms with Gasteiger partial charge in [0.1, 0.15) is 23.4 Å². The Kier molecular flexibility index (Phi) is 8.95. The Labute approximate surface area is 234 Å². The zero-order valence-electron chi connectivity index (χ0n) is 23.1. The van der Waals surface area contributed by atoms with Crippen LogP contribution in [0, 0.1) is 12.8 Å². The second-order valence-electron chi connectivity index (χ2n) is 10.3. The monoisotopic (exact) mass is 569 g/mol. The Hall–Kier alpha value is -3.70. The van der Waals surface area contributed by atoms with Gasteiger partial charge in [0, 0.05) is 17.0 Å². The van der Waals surface area contributed by atoms with Crippen molar-refractivity contribution in [2.45, 2.75) is 57.0 Å². The molecule has 0 spiro atoms. The summed E-state index contributed by atoms with van der Waals surface area (Å²) in [5, 5.41) is 6.46. The molecule has 2 amide bonds. The molecule has 0 radical (unpaired) electrons. The van der Waals surface area contributed by atoms with Gasteiger partial charge in [-0.1, -0.05) is 38.1 Å². The van der Waals surface area contributed by atoms with Gasteiger partial charge in [-0.2, -0.15) is 0 Å². The van der Waals surface area contributed by atoms with E-state index in [-0.39, 0.29) is 41.7 Å². The maximum Gasteiger partial charge on any atom is 0.287 e. The highest BCUT2D eigenvalue weighted by Crippen LogP contribution is 2.28. The van der Waals surface area contributed by atoms with Crippen molar-refractivity contribution in [1.82, 2.24) is 14.9 Å². The third-order valence-corrected chi connectivity index (χ3v) is 8.76. The van der Waals surface area contributed by atoms with Crippen molar-refractivity contribution < 1.29 is 32.0 Å². The van der Waals surface area contributed by atoms with Gasteiger partial charge in [-0.25, -0.2) is 12.7 Å². The van der Waals surface area contributed by atoms with E-state index in [1.807, 2.05) is 26.0 Å². The number of aryl methyl sites for hydroxylation is 1. The van der Waals surface area contributed by atoms with Crippen LogP contribution in [0.4, 0.5) is 0 Å². The summed E-state index contributed by atoms with van der Waals surface area (Å²) in [4.78, 5) is 40.6. The Bertz CT molecular complexity index is 1510. The summed E-state index contributed by atoms with van der Waals surface area (Å²) in [6.45, 7) is 5.92. The number of nitrogens with zero attached hydrogens (tertiary/aromatic N) is 1. The van der Waals surface area contributed by atoms with E-state index < -0.39 is 39.7 Å². The summed E-state index contributed by atoms with van der Waals surface area (Å²) in [5.74, 6) is -1.69. The van der Waals surface area contributed by atoms with Crippen LogP contribution in [-0.2, 0) is 19.6 Å². The third kappa shape index (κ3) is 6.05. The molecule has 1 saturated heterocycles. The molecule has 0 aliphatic carbocycles. The highest BCUT2D eigenvalue weighted by Gasteiger charge is 2.43. The van der Waals surface area contributed by atoms with Crippen molar-refractivity contribution in [3.05, 3.63) is 59.9 Å². The van der Waals surface area contributed by atoms with Gasteiger partial charge in [-0.3, -0.25) is 14.4 Å². The van der Waals surface area contributed by atoms with E-state index in [9.17, 15) is 22.8 Å². The standard InChI is InChI=1S/C29H35N3O7S/c1-18(2)15-23(31-28(34)27-19(3)22-11-5-6-13-26(22)39-27)29(35)32(24-12-8-14-30-17-25(24)33)40(36,37)21-10-7-9-20(16-21)38-4/h5-7,9-11,13,16,18,23-24,30H,8,12,14-15,17H2,1-4H3,(H,31,34)/t23?,24-/m0/s1. The molecule has 1 unspecified atom stereocenters. The quantitative estimate of drug-likeness (QED) is 0.400. The summed E-state index contributed by atoms with van der Waals surface area (Å²) in [5.41, 5.74) is 1.13. The van der Waals surface area contributed by atoms with Crippen LogP contribution in [0.2, 0.25) is 0 Å². The summed E-state index contributed by atoms with van der Waals surface area (Å²) >= 11 is 0. The molecule has 1 aliphatic heterocycles. The molecule has 2 aromatic carbocycles. The van der Waals surface area contributed by atoms with Crippen LogP contribution in [0.1, 0.15) is 49.2 Å². The first kappa shape index (κ1) is 29.3. The molecule has 0 bridgehead atoms. The predicted octanol–water partition coefficient (Wildman–Crippen LogP) is 3.43. The highest BCUT2D eigenvalue weighted by molar-refractivity contribution is 7.89. The minimum Gasteiger partial charge on any atom is -0.497 e. The molecule has 4 rings (SSSR count). The number of benzene rings is 2. The van der Waals surface area contributed by atoms with Crippen LogP contribution >= 0.6 is 0 Å². The Morgan fingerprint density at radius 1 is 1.18 bits per heavy atom. The number of nitrogens with one attached hydrogen (secondary N) is 2. The van der Waals surface area contributed by atoms with Crippen LogP contribution in [0.3, 0.4) is 0 Å². The maximum atomic E-state index is 14.2. The fourth-order valence-electron chi connectivity index (χ4n) is 4.93. The molecule has 10 nitrogen and oxygen atoms in total. The van der Waals surface area contributed by atoms with Crippen LogP contribution in [0.5, 0.6) is 5.75 Å². The second kappa shape index (κ2) is 12.2. The van der Waals surface area contributed by atoms with Crippen LogP contribution in [0.25, 0.3) is 11.0 Å². The number of hydrogen-bond donors (Lipinski definition) is 2. The van der Waals surface area contributed by atoms with Crippen molar-refractivity contribution >= 4 is 38.6 Å². The number of para-hydroxylation sites is 1. The number of hydrogen-bond acceptors (Lipinski definition) is 8. The lowest BCUT2D eigenvalue weighted by atomic mass is 10.0. The van der Waals surface area contributed by atoms with Crippen LogP contribution in [0.15, 0.2) is 57.8 Å². The molecule has 1 aliphatic rings. The molecular weight excluding hydrogens is 534 g/mol. The molecule has 1 fully saturated rings. The van der Waals surface area contributed by atoms with Crippen molar-refractivity contribution in [1.29, 1.82) is 0 Å². The molecule has 1 aromatic heterocycles. The summed E-state index contributed by atoms with van der Waals surface area (Å²) in [6.07, 6.45) is 0.798. The SMILES string of the molecule is COc1cccc(S(=O)(=O)N(C(=O)C(CC(C)C)NC(=O)c2oc3ccccc3c2C)[C@H]2CCCNCC2=O)c1. The molecule has 214 valence electrons. The number of carbonyl (C=O) groups excluding carboxylic acids is 3. The van der Waals surface area contributed by atoms with E-state index in [1.54, 1.807) is 25.1 Å². The summed E-state index contributed by atoms with van der Waals surface area (Å²) in [6, 6.07) is 10.5. The predicted molar refractivity (Wildman–Crippen MR) is 150 cm³/mol. The van der Waals surface area contributed by atoms with Gasteiger partial charge < -0.3 is 19.8 Å². The van der Waals surface area contributed by atoms with Gasteiger partial charge in [0.2, 0.25) is 0 Å². The molecule has 2 heterocycles. The zero-order chi connectivity index (χ0) is 29.0. The Morgan fingerprint density at radius 3 is 2.62 bits per heavy atom. The Morgan fingerprint density at radius 2 is 1.93 bits per heavy atom. The van der Waals surface area contributed by atoms with Gasteiger partial charge in [0.05, 0.1) is 18.6 Å². The van der Waals surface area contributed by atoms with Crippen LogP contribution < -0.4 is 15.4 Å². The van der Waals surface area contributed by atoms with E-state index in [0.29, 0.717) is 28.4 Å². The molecule has 11 heteroatoms. The summed E-state index contributed by atoms with van der Waals surface area (Å²) < 4.78 is 39.8. The fraction of sp³-hybridized carbons (Fsp3) is 0.414. The van der Waals surface area contributed by atoms with Gasteiger partial charge in [-0.05, 0) is 56.8 Å². The first-order valence-electron chi connectivity index (χ1n) is 13.3. The Balaban J connectivity index is 1.76. The fourth-order valence-corrected chi connectivity index (χ4v) is 6.60. The van der Waals surface area contributed by atoms with E-state index in [0.717, 1.165) is 5.39 Å². The first-order chi connectivity index (χ1) is 19.0. The number of sulfonamides is 1. The number of rotatable bonds is 9. The average Bonchev–Trinajstić information content (AvgIpc) is 3.13. The number of ether oxygens (including phenoxy) is 1. The highest BCUT2D eigenvalue weighted by atomic mass is 32.2. The van der Waals surface area contributed by atoms with Gasteiger partial charge in [-0.15, -0.1) is 0 Å². The number of amides is 2. The zero-order valence-corrected chi connectivity index (χ0v) is 23.9.